The first kappa shape index (κ1) is 14.2. The molecule has 2 aromatic rings. The molecule has 8 heteroatoms. The van der Waals surface area contributed by atoms with Crippen molar-refractivity contribution in [1.82, 2.24) is 0 Å². The topological polar surface area (TPSA) is 55.2 Å². The first-order chi connectivity index (χ1) is 8.99. The quantitative estimate of drug-likeness (QED) is 0.624. The second-order valence-electron chi connectivity index (χ2n) is 3.59. The molecule has 0 saturated heterocycles. The lowest BCUT2D eigenvalue weighted by atomic mass is 10.2. The molecule has 1 heterocycles. The standard InChI is InChI=1S/C11H7BrClFN2O2S/c12-6-1-2-19-11(6)5-15-9-4-8(14)7(13)3-10(9)16(17)18/h1-4,15H,5H2. The van der Waals surface area contributed by atoms with Crippen LogP contribution in [-0.4, -0.2) is 4.92 Å². The molecular weight excluding hydrogens is 359 g/mol. The summed E-state index contributed by atoms with van der Waals surface area (Å²) in [5, 5.41) is 15.4. The van der Waals surface area contributed by atoms with Gasteiger partial charge in [-0.15, -0.1) is 11.3 Å². The zero-order valence-electron chi connectivity index (χ0n) is 9.32. The van der Waals surface area contributed by atoms with Crippen molar-refractivity contribution in [2.75, 3.05) is 5.32 Å². The SMILES string of the molecule is O=[N+]([O-])c1cc(Cl)c(F)cc1NCc1sccc1Br. The number of hydrogen-bond acceptors (Lipinski definition) is 4. The summed E-state index contributed by atoms with van der Waals surface area (Å²) < 4.78 is 14.3. The summed E-state index contributed by atoms with van der Waals surface area (Å²) in [6, 6.07) is 3.91. The van der Waals surface area contributed by atoms with Crippen LogP contribution < -0.4 is 5.32 Å². The van der Waals surface area contributed by atoms with E-state index < -0.39 is 10.7 Å². The van der Waals surface area contributed by atoms with Crippen molar-refractivity contribution in [3.05, 3.63) is 53.9 Å². The zero-order valence-corrected chi connectivity index (χ0v) is 12.5. The second kappa shape index (κ2) is 5.85. The highest BCUT2D eigenvalue weighted by atomic mass is 79.9. The minimum absolute atomic E-state index is 0.104. The van der Waals surface area contributed by atoms with Crippen LogP contribution in [0.4, 0.5) is 15.8 Å². The summed E-state index contributed by atoms with van der Waals surface area (Å²) in [6.45, 7) is 0.361. The Kier molecular flexibility index (Phi) is 4.38. The molecule has 0 unspecified atom stereocenters. The summed E-state index contributed by atoms with van der Waals surface area (Å²) in [5.74, 6) is -0.694. The van der Waals surface area contributed by atoms with Gasteiger partial charge in [-0.3, -0.25) is 10.1 Å². The molecule has 19 heavy (non-hydrogen) atoms. The molecule has 1 aromatic heterocycles. The van der Waals surface area contributed by atoms with Gasteiger partial charge in [0.15, 0.2) is 0 Å². The normalized spacial score (nSPS) is 10.5. The third-order valence-electron chi connectivity index (χ3n) is 2.37. The molecular formula is C11H7BrClFN2O2S. The molecule has 0 radical (unpaired) electrons. The summed E-state index contributed by atoms with van der Waals surface area (Å²) in [5.41, 5.74) is -0.147. The molecule has 0 aliphatic carbocycles. The molecule has 1 N–H and O–H groups in total. The van der Waals surface area contributed by atoms with Crippen LogP contribution in [0.2, 0.25) is 5.02 Å². The Morgan fingerprint density at radius 1 is 1.53 bits per heavy atom. The van der Waals surface area contributed by atoms with Crippen LogP contribution in [0.25, 0.3) is 0 Å². The van der Waals surface area contributed by atoms with Crippen molar-refractivity contribution in [2.24, 2.45) is 0 Å². The Morgan fingerprint density at radius 3 is 2.84 bits per heavy atom. The van der Waals surface area contributed by atoms with E-state index in [1.165, 1.54) is 11.3 Å². The van der Waals surface area contributed by atoms with Gasteiger partial charge in [0.2, 0.25) is 0 Å². The first-order valence-electron chi connectivity index (χ1n) is 5.08. The molecule has 100 valence electrons. The Balaban J connectivity index is 2.26. The predicted molar refractivity (Wildman–Crippen MR) is 77.4 cm³/mol. The summed E-state index contributed by atoms with van der Waals surface area (Å²) in [7, 11) is 0. The van der Waals surface area contributed by atoms with Crippen LogP contribution in [0, 0.1) is 15.9 Å². The van der Waals surface area contributed by atoms with Crippen molar-refractivity contribution >= 4 is 50.2 Å². The van der Waals surface area contributed by atoms with Gasteiger partial charge in [0.25, 0.3) is 5.69 Å². The zero-order chi connectivity index (χ0) is 14.0. The molecule has 0 atom stereocenters. The second-order valence-corrected chi connectivity index (χ2v) is 5.85. The number of rotatable bonds is 4. The largest absolute Gasteiger partial charge is 0.374 e. The van der Waals surface area contributed by atoms with E-state index in [9.17, 15) is 14.5 Å². The van der Waals surface area contributed by atoms with Gasteiger partial charge in [-0.1, -0.05) is 11.6 Å². The molecule has 0 aliphatic rings. The van der Waals surface area contributed by atoms with Crippen LogP contribution in [0.5, 0.6) is 0 Å². The maximum Gasteiger partial charge on any atom is 0.294 e. The summed E-state index contributed by atoms with van der Waals surface area (Å²) in [4.78, 5) is 11.3. The average Bonchev–Trinajstić information content (AvgIpc) is 2.75. The predicted octanol–water partition coefficient (Wildman–Crippen LogP) is 4.82. The van der Waals surface area contributed by atoms with Crippen molar-refractivity contribution in [3.8, 4) is 0 Å². The molecule has 4 nitrogen and oxygen atoms in total. The van der Waals surface area contributed by atoms with Crippen LogP contribution in [0.3, 0.4) is 0 Å². The minimum Gasteiger partial charge on any atom is -0.374 e. The van der Waals surface area contributed by atoms with E-state index in [0.717, 1.165) is 21.5 Å². The van der Waals surface area contributed by atoms with E-state index in [2.05, 4.69) is 21.2 Å². The fourth-order valence-corrected chi connectivity index (χ4v) is 3.05. The van der Waals surface area contributed by atoms with E-state index >= 15 is 0 Å². The number of hydrogen-bond donors (Lipinski definition) is 1. The molecule has 1 aromatic carbocycles. The van der Waals surface area contributed by atoms with Crippen LogP contribution >= 0.6 is 38.9 Å². The number of thiophene rings is 1. The number of nitrogens with zero attached hydrogens (tertiary/aromatic N) is 1. The van der Waals surface area contributed by atoms with Crippen molar-refractivity contribution < 1.29 is 9.31 Å². The number of nitro groups is 1. The Bertz CT molecular complexity index is 635. The number of nitro benzene ring substituents is 1. The van der Waals surface area contributed by atoms with Gasteiger partial charge in [-0.25, -0.2) is 4.39 Å². The van der Waals surface area contributed by atoms with E-state index in [1.54, 1.807) is 0 Å². The lowest BCUT2D eigenvalue weighted by Gasteiger charge is -2.07. The Hall–Kier alpha value is -1.18. The minimum atomic E-state index is -0.694. The highest BCUT2D eigenvalue weighted by Crippen LogP contribution is 2.31. The number of nitrogens with one attached hydrogen (secondary N) is 1. The molecule has 0 aliphatic heterocycles. The van der Waals surface area contributed by atoms with Crippen molar-refractivity contribution in [3.63, 3.8) is 0 Å². The molecule has 0 bridgehead atoms. The highest BCUT2D eigenvalue weighted by Gasteiger charge is 2.17. The maximum atomic E-state index is 13.4. The monoisotopic (exact) mass is 364 g/mol. The van der Waals surface area contributed by atoms with Gasteiger partial charge in [0, 0.05) is 21.5 Å². The maximum absolute atomic E-state index is 13.4. The van der Waals surface area contributed by atoms with Gasteiger partial charge in [0.1, 0.15) is 11.5 Å². The number of anilines is 1. The number of benzene rings is 1. The van der Waals surface area contributed by atoms with Gasteiger partial charge >= 0.3 is 0 Å². The molecule has 0 saturated carbocycles. The van der Waals surface area contributed by atoms with E-state index in [1.807, 2.05) is 11.4 Å². The molecule has 0 spiro atoms. The third-order valence-corrected chi connectivity index (χ3v) is 4.58. The number of halogens is 3. The lowest BCUT2D eigenvalue weighted by molar-refractivity contribution is -0.384. The van der Waals surface area contributed by atoms with Crippen LogP contribution in [0.15, 0.2) is 28.1 Å². The molecule has 2 rings (SSSR count). The van der Waals surface area contributed by atoms with Gasteiger partial charge in [-0.05, 0) is 27.4 Å². The molecule has 0 fully saturated rings. The Morgan fingerprint density at radius 2 is 2.26 bits per heavy atom. The van der Waals surface area contributed by atoms with E-state index in [-0.39, 0.29) is 16.4 Å². The smallest absolute Gasteiger partial charge is 0.294 e. The average molecular weight is 366 g/mol. The third kappa shape index (κ3) is 3.23. The van der Waals surface area contributed by atoms with Gasteiger partial charge < -0.3 is 5.32 Å². The lowest BCUT2D eigenvalue weighted by Crippen LogP contribution is -2.02. The first-order valence-corrected chi connectivity index (χ1v) is 7.13. The van der Waals surface area contributed by atoms with Crippen LogP contribution in [-0.2, 0) is 6.54 Å². The fourth-order valence-electron chi connectivity index (χ4n) is 1.46. The van der Waals surface area contributed by atoms with Gasteiger partial charge in [0.05, 0.1) is 16.5 Å². The fraction of sp³-hybridized carbons (Fsp3) is 0.0909. The van der Waals surface area contributed by atoms with Crippen molar-refractivity contribution in [2.45, 2.75) is 6.54 Å². The summed E-state index contributed by atoms with van der Waals surface area (Å²) in [6.07, 6.45) is 0. The van der Waals surface area contributed by atoms with Crippen LogP contribution in [0.1, 0.15) is 4.88 Å². The van der Waals surface area contributed by atoms with E-state index in [4.69, 9.17) is 11.6 Å². The van der Waals surface area contributed by atoms with E-state index in [0.29, 0.717) is 6.54 Å². The van der Waals surface area contributed by atoms with Crippen molar-refractivity contribution in [1.29, 1.82) is 0 Å². The van der Waals surface area contributed by atoms with Gasteiger partial charge in [-0.2, -0.15) is 0 Å². The highest BCUT2D eigenvalue weighted by molar-refractivity contribution is 9.10. The molecule has 0 amide bonds. The summed E-state index contributed by atoms with van der Waals surface area (Å²) >= 11 is 10.4. The Labute approximate surface area is 125 Å².